The third-order valence-electron chi connectivity index (χ3n) is 3.87. The summed E-state index contributed by atoms with van der Waals surface area (Å²) < 4.78 is 41.6. The third-order valence-corrected chi connectivity index (χ3v) is 3.87. The van der Waals surface area contributed by atoms with Crippen LogP contribution in [0.2, 0.25) is 0 Å². The minimum Gasteiger partial charge on any atom is -0.406 e. The predicted octanol–water partition coefficient (Wildman–Crippen LogP) is 3.28. The molecule has 2 aromatic carbocycles. The van der Waals surface area contributed by atoms with Crippen LogP contribution in [-0.4, -0.2) is 40.5 Å². The molecular weight excluding hydrogens is 415 g/mol. The number of hydrogen-bond donors (Lipinski definition) is 4. The van der Waals surface area contributed by atoms with Crippen LogP contribution in [0.1, 0.15) is 10.4 Å². The van der Waals surface area contributed by atoms with Crippen molar-refractivity contribution in [1.29, 1.82) is 0 Å². The molecule has 0 spiro atoms. The van der Waals surface area contributed by atoms with Crippen molar-refractivity contribution in [3.8, 4) is 17.0 Å². The lowest BCUT2D eigenvalue weighted by Gasteiger charge is -2.12. The highest BCUT2D eigenvalue weighted by Gasteiger charge is 2.31. The first-order valence-corrected chi connectivity index (χ1v) is 9.00. The van der Waals surface area contributed by atoms with E-state index >= 15 is 0 Å². The first-order chi connectivity index (χ1) is 14.7. The number of carbonyl (C=O) groups is 1. The van der Waals surface area contributed by atoms with Crippen molar-refractivity contribution >= 4 is 23.4 Å². The standard InChI is InChI=1S/C20H18F3N5O3/c21-20(22,23)31-15-6-2-3-12(10-15)16-11-17(28-19(26-16)25-7-8-29)27-18(30)13-4-1-5-14(24)9-13/h1-6,9-11,29H,7-8,24H2,(H2,25,26,27,28,30). The van der Waals surface area contributed by atoms with Crippen LogP contribution in [-0.2, 0) is 0 Å². The summed E-state index contributed by atoms with van der Waals surface area (Å²) in [5, 5.41) is 14.4. The van der Waals surface area contributed by atoms with Crippen LogP contribution >= 0.6 is 0 Å². The SMILES string of the molecule is Nc1cccc(C(=O)Nc2cc(-c3cccc(OC(F)(F)F)c3)nc(NCCO)n2)c1. The van der Waals surface area contributed by atoms with Gasteiger partial charge in [-0.1, -0.05) is 18.2 Å². The Hall–Kier alpha value is -3.86. The number of aromatic nitrogens is 2. The number of alkyl halides is 3. The van der Waals surface area contributed by atoms with Gasteiger partial charge >= 0.3 is 6.36 Å². The Kier molecular flexibility index (Phi) is 6.55. The normalized spacial score (nSPS) is 11.1. The summed E-state index contributed by atoms with van der Waals surface area (Å²) in [5.74, 6) is -0.741. The van der Waals surface area contributed by atoms with Crippen molar-refractivity contribution in [1.82, 2.24) is 9.97 Å². The van der Waals surface area contributed by atoms with Crippen LogP contribution in [0.5, 0.6) is 5.75 Å². The van der Waals surface area contributed by atoms with E-state index in [9.17, 15) is 18.0 Å². The number of nitrogen functional groups attached to an aromatic ring is 1. The summed E-state index contributed by atoms with van der Waals surface area (Å²) in [6.45, 7) is -0.0727. The van der Waals surface area contributed by atoms with Crippen molar-refractivity contribution in [3.63, 3.8) is 0 Å². The zero-order valence-corrected chi connectivity index (χ0v) is 16.0. The van der Waals surface area contributed by atoms with Crippen molar-refractivity contribution in [2.45, 2.75) is 6.36 Å². The largest absolute Gasteiger partial charge is 0.573 e. The number of nitrogens with one attached hydrogen (secondary N) is 2. The molecule has 1 amide bonds. The summed E-state index contributed by atoms with van der Waals surface area (Å²) in [6.07, 6.45) is -4.84. The lowest BCUT2D eigenvalue weighted by atomic mass is 10.1. The number of aliphatic hydroxyl groups is 1. The van der Waals surface area contributed by atoms with E-state index in [-0.39, 0.29) is 30.6 Å². The fraction of sp³-hybridized carbons (Fsp3) is 0.150. The quantitative estimate of drug-likeness (QED) is 0.422. The molecule has 0 fully saturated rings. The van der Waals surface area contributed by atoms with E-state index in [2.05, 4.69) is 25.3 Å². The molecule has 162 valence electrons. The smallest absolute Gasteiger partial charge is 0.406 e. The molecule has 11 heteroatoms. The zero-order valence-electron chi connectivity index (χ0n) is 16.0. The average molecular weight is 433 g/mol. The van der Waals surface area contributed by atoms with Gasteiger partial charge in [0.2, 0.25) is 5.95 Å². The van der Waals surface area contributed by atoms with Crippen LogP contribution in [0.4, 0.5) is 30.6 Å². The first-order valence-electron chi connectivity index (χ1n) is 9.00. The topological polar surface area (TPSA) is 122 Å². The Morgan fingerprint density at radius 3 is 2.58 bits per heavy atom. The second-order valence-corrected chi connectivity index (χ2v) is 6.27. The van der Waals surface area contributed by atoms with Gasteiger partial charge in [-0.2, -0.15) is 4.98 Å². The number of carbonyl (C=O) groups excluding carboxylic acids is 1. The Balaban J connectivity index is 1.93. The Labute approximate surface area is 174 Å². The molecule has 5 N–H and O–H groups in total. The summed E-state index contributed by atoms with van der Waals surface area (Å²) in [5.41, 5.74) is 6.93. The molecule has 0 aliphatic carbocycles. The molecule has 8 nitrogen and oxygen atoms in total. The van der Waals surface area contributed by atoms with Crippen molar-refractivity contribution in [2.24, 2.45) is 0 Å². The zero-order chi connectivity index (χ0) is 22.4. The molecule has 0 atom stereocenters. The number of nitrogens with zero attached hydrogens (tertiary/aromatic N) is 2. The maximum atomic E-state index is 12.5. The van der Waals surface area contributed by atoms with Gasteiger partial charge in [0.05, 0.1) is 12.3 Å². The molecule has 0 saturated carbocycles. The van der Waals surface area contributed by atoms with Gasteiger partial charge in [-0.25, -0.2) is 4.98 Å². The van der Waals surface area contributed by atoms with Gasteiger partial charge in [0, 0.05) is 29.4 Å². The minimum absolute atomic E-state index is 0.0663. The van der Waals surface area contributed by atoms with Crippen LogP contribution < -0.4 is 21.1 Å². The van der Waals surface area contributed by atoms with Gasteiger partial charge in [0.25, 0.3) is 5.91 Å². The molecule has 1 heterocycles. The van der Waals surface area contributed by atoms with Crippen LogP contribution in [0, 0.1) is 0 Å². The third kappa shape index (κ3) is 6.31. The monoisotopic (exact) mass is 433 g/mol. The Morgan fingerprint density at radius 1 is 1.10 bits per heavy atom. The van der Waals surface area contributed by atoms with E-state index in [0.717, 1.165) is 12.1 Å². The summed E-state index contributed by atoms with van der Waals surface area (Å²) >= 11 is 0. The number of halogens is 3. The molecule has 1 aromatic heterocycles. The maximum Gasteiger partial charge on any atom is 0.573 e. The summed E-state index contributed by atoms with van der Waals surface area (Å²) in [7, 11) is 0. The van der Waals surface area contributed by atoms with Crippen molar-refractivity contribution in [2.75, 3.05) is 29.5 Å². The molecule has 0 aliphatic heterocycles. The van der Waals surface area contributed by atoms with Crippen molar-refractivity contribution in [3.05, 3.63) is 60.2 Å². The van der Waals surface area contributed by atoms with E-state index in [4.69, 9.17) is 10.8 Å². The van der Waals surface area contributed by atoms with E-state index in [1.54, 1.807) is 18.2 Å². The highest BCUT2D eigenvalue weighted by Crippen LogP contribution is 2.28. The van der Waals surface area contributed by atoms with Gasteiger partial charge < -0.3 is 26.2 Å². The van der Waals surface area contributed by atoms with Crippen LogP contribution in [0.15, 0.2) is 54.6 Å². The molecule has 3 aromatic rings. The van der Waals surface area contributed by atoms with Gasteiger partial charge in [0.1, 0.15) is 11.6 Å². The maximum absolute atomic E-state index is 12.5. The van der Waals surface area contributed by atoms with Gasteiger partial charge in [-0.05, 0) is 30.3 Å². The molecule has 0 bridgehead atoms. The second kappa shape index (κ2) is 9.30. The van der Waals surface area contributed by atoms with E-state index in [1.807, 2.05) is 0 Å². The number of ether oxygens (including phenoxy) is 1. The van der Waals surface area contributed by atoms with E-state index < -0.39 is 18.0 Å². The summed E-state index contributed by atoms with van der Waals surface area (Å²) in [4.78, 5) is 20.9. The molecule has 31 heavy (non-hydrogen) atoms. The fourth-order valence-corrected chi connectivity index (χ4v) is 2.63. The summed E-state index contributed by atoms with van der Waals surface area (Å²) in [6, 6.07) is 12.9. The highest BCUT2D eigenvalue weighted by molar-refractivity contribution is 6.04. The number of amides is 1. The number of nitrogens with two attached hydrogens (primary N) is 1. The molecule has 0 radical (unpaired) electrons. The van der Waals surface area contributed by atoms with E-state index in [0.29, 0.717) is 16.8 Å². The number of hydrogen-bond acceptors (Lipinski definition) is 7. The number of aliphatic hydroxyl groups excluding tert-OH is 1. The lowest BCUT2D eigenvalue weighted by Crippen LogP contribution is -2.17. The first kappa shape index (κ1) is 21.8. The molecular formula is C20H18F3N5O3. The minimum atomic E-state index is -4.84. The molecule has 0 saturated heterocycles. The molecule has 0 aliphatic rings. The molecule has 3 rings (SSSR count). The lowest BCUT2D eigenvalue weighted by molar-refractivity contribution is -0.274. The van der Waals surface area contributed by atoms with Crippen LogP contribution in [0.25, 0.3) is 11.3 Å². The van der Waals surface area contributed by atoms with Crippen molar-refractivity contribution < 1.29 is 27.8 Å². The number of rotatable bonds is 7. The van der Waals surface area contributed by atoms with Crippen LogP contribution in [0.3, 0.4) is 0 Å². The predicted molar refractivity (Wildman–Crippen MR) is 109 cm³/mol. The fourth-order valence-electron chi connectivity index (χ4n) is 2.63. The Bertz CT molecular complexity index is 1080. The highest BCUT2D eigenvalue weighted by atomic mass is 19.4. The van der Waals surface area contributed by atoms with E-state index in [1.165, 1.54) is 24.3 Å². The van der Waals surface area contributed by atoms with Gasteiger partial charge in [-0.15, -0.1) is 13.2 Å². The number of anilines is 3. The Morgan fingerprint density at radius 2 is 1.87 bits per heavy atom. The van der Waals surface area contributed by atoms with Gasteiger partial charge in [-0.3, -0.25) is 4.79 Å². The molecule has 0 unspecified atom stereocenters. The number of benzene rings is 2. The van der Waals surface area contributed by atoms with Gasteiger partial charge in [0.15, 0.2) is 0 Å². The average Bonchev–Trinajstić information content (AvgIpc) is 2.71. The second-order valence-electron chi connectivity index (χ2n) is 6.27.